The van der Waals surface area contributed by atoms with Crippen LogP contribution in [0.15, 0.2) is 18.2 Å². The number of benzene rings is 1. The molecule has 0 spiro atoms. The van der Waals surface area contributed by atoms with Crippen LogP contribution in [0.1, 0.15) is 28.8 Å². The highest BCUT2D eigenvalue weighted by Crippen LogP contribution is 2.20. The lowest BCUT2D eigenvalue weighted by molar-refractivity contribution is 0.0388. The Bertz CT molecular complexity index is 471. The van der Waals surface area contributed by atoms with Gasteiger partial charge < -0.3 is 15.8 Å². The van der Waals surface area contributed by atoms with Crippen molar-refractivity contribution in [2.24, 2.45) is 5.73 Å². The van der Waals surface area contributed by atoms with E-state index >= 15 is 0 Å². The number of halogens is 1. The second-order valence-corrected chi connectivity index (χ2v) is 5.01. The lowest BCUT2D eigenvalue weighted by Gasteiger charge is -2.37. The summed E-state index contributed by atoms with van der Waals surface area (Å²) in [5.74, 6) is -0.522. The Labute approximate surface area is 112 Å². The number of aryl methyl sites for hydroxylation is 1. The van der Waals surface area contributed by atoms with Crippen molar-refractivity contribution in [2.45, 2.75) is 25.3 Å². The first kappa shape index (κ1) is 14.0. The molecule has 1 amide bonds. The molecule has 0 radical (unpaired) electrons. The maximum absolute atomic E-state index is 13.2. The Morgan fingerprint density at radius 1 is 1.47 bits per heavy atom. The molecule has 1 aliphatic rings. The van der Waals surface area contributed by atoms with E-state index in [0.29, 0.717) is 43.7 Å². The topological polar surface area (TPSA) is 64.4 Å². The molecule has 3 N–H and O–H groups in total. The Morgan fingerprint density at radius 2 is 2.16 bits per heavy atom. The van der Waals surface area contributed by atoms with E-state index in [9.17, 15) is 9.18 Å². The summed E-state index contributed by atoms with van der Waals surface area (Å²) < 4.78 is 18.5. The predicted octanol–water partition coefficient (Wildman–Crippen LogP) is 1.37. The predicted molar refractivity (Wildman–Crippen MR) is 70.4 cm³/mol. The quantitative estimate of drug-likeness (QED) is 0.868. The minimum absolute atomic E-state index is 0.213. The fraction of sp³-hybridized carbons (Fsp3) is 0.500. The van der Waals surface area contributed by atoms with Gasteiger partial charge in [-0.15, -0.1) is 0 Å². The van der Waals surface area contributed by atoms with Gasteiger partial charge in [0.1, 0.15) is 5.82 Å². The smallest absolute Gasteiger partial charge is 0.251 e. The van der Waals surface area contributed by atoms with Crippen LogP contribution in [0.4, 0.5) is 4.39 Å². The number of rotatable bonds is 3. The Balaban J connectivity index is 2.12. The maximum atomic E-state index is 13.2. The molecule has 1 aliphatic heterocycles. The van der Waals surface area contributed by atoms with E-state index in [1.54, 1.807) is 13.0 Å². The number of carbonyl (C=O) groups excluding carboxylic acids is 1. The second kappa shape index (κ2) is 5.67. The highest BCUT2D eigenvalue weighted by Gasteiger charge is 2.33. The third-order valence-corrected chi connectivity index (χ3v) is 3.64. The SMILES string of the molecule is Cc1cc(C(=O)NC2(CN)CCOCC2)ccc1F. The normalized spacial score (nSPS) is 18.1. The molecule has 104 valence electrons. The minimum atomic E-state index is -0.405. The number of amides is 1. The van der Waals surface area contributed by atoms with Gasteiger partial charge in [0.05, 0.1) is 5.54 Å². The molecule has 0 saturated carbocycles. The molecule has 4 nitrogen and oxygen atoms in total. The zero-order chi connectivity index (χ0) is 13.9. The van der Waals surface area contributed by atoms with Crippen molar-refractivity contribution in [2.75, 3.05) is 19.8 Å². The summed E-state index contributed by atoms with van der Waals surface area (Å²) in [6, 6.07) is 4.35. The molecule has 2 rings (SSSR count). The van der Waals surface area contributed by atoms with Gasteiger partial charge in [0.15, 0.2) is 0 Å². The standard InChI is InChI=1S/C14H19FN2O2/c1-10-8-11(2-3-12(10)15)13(18)17-14(9-16)4-6-19-7-5-14/h2-3,8H,4-7,9,16H2,1H3,(H,17,18). The van der Waals surface area contributed by atoms with Gasteiger partial charge in [0.25, 0.3) is 5.91 Å². The van der Waals surface area contributed by atoms with E-state index in [0.717, 1.165) is 0 Å². The Kier molecular flexibility index (Phi) is 4.17. The highest BCUT2D eigenvalue weighted by molar-refractivity contribution is 5.94. The number of hydrogen-bond acceptors (Lipinski definition) is 3. The van der Waals surface area contributed by atoms with Gasteiger partial charge in [0.2, 0.25) is 0 Å². The number of ether oxygens (including phenoxy) is 1. The summed E-state index contributed by atoms with van der Waals surface area (Å²) >= 11 is 0. The zero-order valence-electron chi connectivity index (χ0n) is 11.0. The number of hydrogen-bond donors (Lipinski definition) is 2. The molecule has 0 atom stereocenters. The first-order valence-electron chi connectivity index (χ1n) is 6.43. The first-order valence-corrected chi connectivity index (χ1v) is 6.43. The lowest BCUT2D eigenvalue weighted by atomic mass is 9.89. The average Bonchev–Trinajstić information content (AvgIpc) is 2.43. The molecular formula is C14H19FN2O2. The second-order valence-electron chi connectivity index (χ2n) is 5.01. The van der Waals surface area contributed by atoms with Crippen molar-refractivity contribution in [1.29, 1.82) is 0 Å². The Morgan fingerprint density at radius 3 is 2.74 bits per heavy atom. The van der Waals surface area contributed by atoms with Gasteiger partial charge >= 0.3 is 0 Å². The zero-order valence-corrected chi connectivity index (χ0v) is 11.0. The van der Waals surface area contributed by atoms with Crippen molar-refractivity contribution in [3.63, 3.8) is 0 Å². The molecule has 0 aliphatic carbocycles. The van der Waals surface area contributed by atoms with Gasteiger partial charge in [-0.3, -0.25) is 4.79 Å². The maximum Gasteiger partial charge on any atom is 0.251 e. The van der Waals surface area contributed by atoms with Gasteiger partial charge in [-0.2, -0.15) is 0 Å². The van der Waals surface area contributed by atoms with Crippen molar-refractivity contribution >= 4 is 5.91 Å². The van der Waals surface area contributed by atoms with Crippen LogP contribution in [0.2, 0.25) is 0 Å². The van der Waals surface area contributed by atoms with E-state index in [4.69, 9.17) is 10.5 Å². The molecule has 1 aromatic rings. The fourth-order valence-electron chi connectivity index (χ4n) is 2.24. The number of nitrogens with one attached hydrogen (secondary N) is 1. The van der Waals surface area contributed by atoms with Crippen LogP contribution in [0, 0.1) is 12.7 Å². The third kappa shape index (κ3) is 3.11. The van der Waals surface area contributed by atoms with Crippen molar-refractivity contribution in [3.05, 3.63) is 35.1 Å². The fourth-order valence-corrected chi connectivity index (χ4v) is 2.24. The highest BCUT2D eigenvalue weighted by atomic mass is 19.1. The summed E-state index contributed by atoms with van der Waals surface area (Å²) in [4.78, 5) is 12.2. The van der Waals surface area contributed by atoms with Crippen LogP contribution >= 0.6 is 0 Å². The van der Waals surface area contributed by atoms with E-state index < -0.39 is 5.54 Å². The van der Waals surface area contributed by atoms with Gasteiger partial charge in [0, 0.05) is 25.3 Å². The van der Waals surface area contributed by atoms with Gasteiger partial charge in [-0.1, -0.05) is 0 Å². The van der Waals surface area contributed by atoms with Crippen molar-refractivity contribution < 1.29 is 13.9 Å². The minimum Gasteiger partial charge on any atom is -0.381 e. The summed E-state index contributed by atoms with van der Waals surface area (Å²) in [6.45, 7) is 3.21. The average molecular weight is 266 g/mol. The van der Waals surface area contributed by atoms with Crippen molar-refractivity contribution in [3.8, 4) is 0 Å². The number of nitrogens with two attached hydrogens (primary N) is 1. The summed E-state index contributed by atoms with van der Waals surface area (Å²) in [6.07, 6.45) is 1.41. The molecule has 1 fully saturated rings. The number of carbonyl (C=O) groups is 1. The summed E-state index contributed by atoms with van der Waals surface area (Å²) in [5.41, 5.74) is 6.30. The van der Waals surface area contributed by atoms with Crippen LogP contribution in [-0.2, 0) is 4.74 Å². The molecular weight excluding hydrogens is 247 g/mol. The van der Waals surface area contributed by atoms with Crippen LogP contribution < -0.4 is 11.1 Å². The van der Waals surface area contributed by atoms with E-state index in [-0.39, 0.29) is 11.7 Å². The van der Waals surface area contributed by atoms with Gasteiger partial charge in [-0.05, 0) is 43.5 Å². The van der Waals surface area contributed by atoms with E-state index in [2.05, 4.69) is 5.32 Å². The van der Waals surface area contributed by atoms with Crippen LogP contribution in [0.5, 0.6) is 0 Å². The van der Waals surface area contributed by atoms with Crippen molar-refractivity contribution in [1.82, 2.24) is 5.32 Å². The van der Waals surface area contributed by atoms with Crippen LogP contribution in [0.3, 0.4) is 0 Å². The van der Waals surface area contributed by atoms with E-state index in [1.165, 1.54) is 12.1 Å². The molecule has 1 heterocycles. The molecule has 1 saturated heterocycles. The van der Waals surface area contributed by atoms with E-state index in [1.807, 2.05) is 0 Å². The largest absolute Gasteiger partial charge is 0.381 e. The Hall–Kier alpha value is -1.46. The molecule has 5 heteroatoms. The third-order valence-electron chi connectivity index (χ3n) is 3.64. The molecule has 0 aromatic heterocycles. The summed E-state index contributed by atoms with van der Waals surface area (Å²) in [7, 11) is 0. The summed E-state index contributed by atoms with van der Waals surface area (Å²) in [5, 5.41) is 2.98. The molecule has 19 heavy (non-hydrogen) atoms. The molecule has 1 aromatic carbocycles. The monoisotopic (exact) mass is 266 g/mol. The van der Waals surface area contributed by atoms with Crippen LogP contribution in [-0.4, -0.2) is 31.2 Å². The lowest BCUT2D eigenvalue weighted by Crippen LogP contribution is -2.56. The molecule has 0 unspecified atom stereocenters. The molecule has 0 bridgehead atoms. The first-order chi connectivity index (χ1) is 9.06. The van der Waals surface area contributed by atoms with Crippen LogP contribution in [0.25, 0.3) is 0 Å². The van der Waals surface area contributed by atoms with Gasteiger partial charge in [-0.25, -0.2) is 4.39 Å².